The maximum absolute atomic E-state index is 6.13. The first-order valence-corrected chi connectivity index (χ1v) is 7.93. The fourth-order valence-corrected chi connectivity index (χ4v) is 2.63. The van der Waals surface area contributed by atoms with Crippen LogP contribution in [0.4, 0.5) is 5.82 Å². The van der Waals surface area contributed by atoms with Gasteiger partial charge in [-0.25, -0.2) is 0 Å². The van der Waals surface area contributed by atoms with Crippen LogP contribution in [0.3, 0.4) is 0 Å². The quantitative estimate of drug-likeness (QED) is 0.785. The third-order valence-corrected chi connectivity index (χ3v) is 3.97. The molecule has 24 heavy (non-hydrogen) atoms. The maximum Gasteiger partial charge on any atom is 0.155 e. The molecule has 6 nitrogen and oxygen atoms in total. The van der Waals surface area contributed by atoms with Gasteiger partial charge in [-0.2, -0.15) is 0 Å². The Labute approximate surface area is 147 Å². The van der Waals surface area contributed by atoms with E-state index in [0.717, 1.165) is 22.6 Å². The van der Waals surface area contributed by atoms with Gasteiger partial charge in [0.2, 0.25) is 0 Å². The van der Waals surface area contributed by atoms with Crippen molar-refractivity contribution in [2.24, 2.45) is 0 Å². The Bertz CT molecular complexity index is 682. The molecule has 1 aromatic heterocycles. The van der Waals surface area contributed by atoms with Gasteiger partial charge in [0.1, 0.15) is 17.3 Å². The summed E-state index contributed by atoms with van der Waals surface area (Å²) < 4.78 is 15.8. The van der Waals surface area contributed by atoms with Crippen LogP contribution in [-0.2, 0) is 11.3 Å². The SMILES string of the molecule is COCC(C)c1cc(NCc2ccc(OC)cc2OC)nnc1Cl. The molecule has 0 aliphatic carbocycles. The number of rotatable bonds is 8. The molecular weight excluding hydrogens is 330 g/mol. The van der Waals surface area contributed by atoms with Gasteiger partial charge in [-0.15, -0.1) is 10.2 Å². The average molecular weight is 352 g/mol. The van der Waals surface area contributed by atoms with Crippen molar-refractivity contribution in [3.05, 3.63) is 40.5 Å². The Morgan fingerprint density at radius 3 is 2.58 bits per heavy atom. The van der Waals surface area contributed by atoms with E-state index >= 15 is 0 Å². The number of benzene rings is 1. The van der Waals surface area contributed by atoms with Crippen molar-refractivity contribution in [1.82, 2.24) is 10.2 Å². The van der Waals surface area contributed by atoms with Gasteiger partial charge in [0.15, 0.2) is 5.15 Å². The van der Waals surface area contributed by atoms with Gasteiger partial charge in [-0.05, 0) is 18.2 Å². The number of aromatic nitrogens is 2. The van der Waals surface area contributed by atoms with Crippen LogP contribution >= 0.6 is 11.6 Å². The molecule has 1 N–H and O–H groups in total. The summed E-state index contributed by atoms with van der Waals surface area (Å²) in [7, 11) is 4.91. The molecule has 0 amide bonds. The van der Waals surface area contributed by atoms with E-state index in [9.17, 15) is 0 Å². The van der Waals surface area contributed by atoms with Gasteiger partial charge in [-0.1, -0.05) is 18.5 Å². The van der Waals surface area contributed by atoms with Crippen LogP contribution in [0.15, 0.2) is 24.3 Å². The van der Waals surface area contributed by atoms with Crippen LogP contribution < -0.4 is 14.8 Å². The summed E-state index contributed by atoms with van der Waals surface area (Å²) in [6, 6.07) is 7.58. The Balaban J connectivity index is 2.13. The van der Waals surface area contributed by atoms with Crippen LogP contribution in [-0.4, -0.2) is 38.1 Å². The molecule has 1 heterocycles. The molecule has 2 aromatic rings. The average Bonchev–Trinajstić information content (AvgIpc) is 2.61. The van der Waals surface area contributed by atoms with Crippen LogP contribution in [0.1, 0.15) is 24.0 Å². The van der Waals surface area contributed by atoms with Gasteiger partial charge in [-0.3, -0.25) is 0 Å². The van der Waals surface area contributed by atoms with Gasteiger partial charge in [0, 0.05) is 36.8 Å². The lowest BCUT2D eigenvalue weighted by atomic mass is 10.1. The second-order valence-electron chi connectivity index (χ2n) is 5.36. The van der Waals surface area contributed by atoms with Crippen LogP contribution in [0.5, 0.6) is 11.5 Å². The van der Waals surface area contributed by atoms with Crippen molar-refractivity contribution in [2.75, 3.05) is 33.3 Å². The molecule has 1 aromatic carbocycles. The second kappa shape index (κ2) is 8.70. The van der Waals surface area contributed by atoms with Crippen molar-refractivity contribution >= 4 is 17.4 Å². The molecule has 1 unspecified atom stereocenters. The van der Waals surface area contributed by atoms with E-state index in [-0.39, 0.29) is 5.92 Å². The minimum Gasteiger partial charge on any atom is -0.497 e. The number of nitrogens with one attached hydrogen (secondary N) is 1. The molecule has 0 aliphatic heterocycles. The lowest BCUT2D eigenvalue weighted by Crippen LogP contribution is -2.08. The van der Waals surface area contributed by atoms with Crippen LogP contribution in [0, 0.1) is 0 Å². The number of nitrogens with zero attached hydrogens (tertiary/aromatic N) is 2. The predicted octanol–water partition coefficient (Wildman–Crippen LogP) is 3.51. The molecule has 130 valence electrons. The monoisotopic (exact) mass is 351 g/mol. The van der Waals surface area contributed by atoms with E-state index in [4.69, 9.17) is 25.8 Å². The molecule has 0 fully saturated rings. The Kier molecular flexibility index (Phi) is 6.63. The molecule has 0 bridgehead atoms. The standard InChI is InChI=1S/C17H22ClN3O3/c1-11(10-22-2)14-8-16(20-21-17(14)18)19-9-12-5-6-13(23-3)7-15(12)24-4/h5-8,11H,9-10H2,1-4H3,(H,19,20). The number of methoxy groups -OCH3 is 3. The van der Waals surface area contributed by atoms with Crippen molar-refractivity contribution in [3.8, 4) is 11.5 Å². The molecule has 0 aliphatic rings. The number of halogens is 1. The lowest BCUT2D eigenvalue weighted by molar-refractivity contribution is 0.184. The van der Waals surface area contributed by atoms with Crippen molar-refractivity contribution < 1.29 is 14.2 Å². The summed E-state index contributed by atoms with van der Waals surface area (Å²) >= 11 is 6.13. The first kappa shape index (κ1) is 18.3. The fraction of sp³-hybridized carbons (Fsp3) is 0.412. The van der Waals surface area contributed by atoms with Gasteiger partial charge >= 0.3 is 0 Å². The third-order valence-electron chi connectivity index (χ3n) is 3.68. The van der Waals surface area contributed by atoms with Crippen molar-refractivity contribution in [3.63, 3.8) is 0 Å². The molecule has 0 spiro atoms. The van der Waals surface area contributed by atoms with E-state index in [1.54, 1.807) is 21.3 Å². The Morgan fingerprint density at radius 2 is 1.92 bits per heavy atom. The zero-order valence-electron chi connectivity index (χ0n) is 14.3. The smallest absolute Gasteiger partial charge is 0.155 e. The summed E-state index contributed by atoms with van der Waals surface area (Å²) in [6.07, 6.45) is 0. The van der Waals surface area contributed by atoms with Gasteiger partial charge in [0.05, 0.1) is 20.8 Å². The summed E-state index contributed by atoms with van der Waals surface area (Å²) in [5.74, 6) is 2.28. The van der Waals surface area contributed by atoms with Crippen molar-refractivity contribution in [1.29, 1.82) is 0 Å². The molecule has 0 saturated carbocycles. The fourth-order valence-electron chi connectivity index (χ4n) is 2.35. The molecular formula is C17H22ClN3O3. The molecule has 0 saturated heterocycles. The highest BCUT2D eigenvalue weighted by Crippen LogP contribution is 2.27. The highest BCUT2D eigenvalue weighted by Gasteiger charge is 2.13. The first-order valence-electron chi connectivity index (χ1n) is 7.55. The summed E-state index contributed by atoms with van der Waals surface area (Å²) in [6.45, 7) is 3.14. The number of ether oxygens (including phenoxy) is 3. The van der Waals surface area contributed by atoms with E-state index < -0.39 is 0 Å². The Hall–Kier alpha value is -2.05. The number of hydrogen-bond donors (Lipinski definition) is 1. The van der Waals surface area contributed by atoms with Crippen LogP contribution in [0.25, 0.3) is 0 Å². The second-order valence-corrected chi connectivity index (χ2v) is 5.72. The minimum absolute atomic E-state index is 0.133. The van der Waals surface area contributed by atoms with Gasteiger partial charge in [0.25, 0.3) is 0 Å². The normalized spacial score (nSPS) is 11.9. The van der Waals surface area contributed by atoms with E-state index in [1.165, 1.54) is 0 Å². The van der Waals surface area contributed by atoms with Crippen molar-refractivity contribution in [2.45, 2.75) is 19.4 Å². The van der Waals surface area contributed by atoms with E-state index in [2.05, 4.69) is 15.5 Å². The number of anilines is 1. The summed E-state index contributed by atoms with van der Waals surface area (Å²) in [5, 5.41) is 11.7. The molecule has 0 radical (unpaired) electrons. The summed E-state index contributed by atoms with van der Waals surface area (Å²) in [4.78, 5) is 0. The largest absolute Gasteiger partial charge is 0.497 e. The molecule has 2 rings (SSSR count). The van der Waals surface area contributed by atoms with E-state index in [0.29, 0.717) is 24.1 Å². The molecule has 1 atom stereocenters. The third kappa shape index (κ3) is 4.49. The van der Waals surface area contributed by atoms with E-state index in [1.807, 2.05) is 31.2 Å². The minimum atomic E-state index is 0.133. The maximum atomic E-state index is 6.13. The van der Waals surface area contributed by atoms with Crippen LogP contribution in [0.2, 0.25) is 5.15 Å². The van der Waals surface area contributed by atoms with Gasteiger partial charge < -0.3 is 19.5 Å². The molecule has 7 heteroatoms. The first-order chi connectivity index (χ1) is 11.6. The highest BCUT2D eigenvalue weighted by atomic mass is 35.5. The number of hydrogen-bond acceptors (Lipinski definition) is 6. The topological polar surface area (TPSA) is 65.5 Å². The zero-order chi connectivity index (χ0) is 17.5. The highest BCUT2D eigenvalue weighted by molar-refractivity contribution is 6.30. The predicted molar refractivity (Wildman–Crippen MR) is 94.2 cm³/mol. The summed E-state index contributed by atoms with van der Waals surface area (Å²) in [5.41, 5.74) is 1.89. The lowest BCUT2D eigenvalue weighted by Gasteiger charge is -2.14. The Morgan fingerprint density at radius 1 is 1.12 bits per heavy atom. The zero-order valence-corrected chi connectivity index (χ0v) is 15.1.